The third kappa shape index (κ3) is 3.40. The number of nitrogens with one attached hydrogen (secondary N) is 1. The lowest BCUT2D eigenvalue weighted by atomic mass is 10.0. The van der Waals surface area contributed by atoms with Crippen LogP contribution in [0.2, 0.25) is 0 Å². The second kappa shape index (κ2) is 7.24. The van der Waals surface area contributed by atoms with E-state index in [2.05, 4.69) is 63.6 Å². The number of benzene rings is 2. The Bertz CT molecular complexity index is 774. The molecule has 1 aromatic heterocycles. The summed E-state index contributed by atoms with van der Waals surface area (Å²) in [4.78, 5) is 2.52. The van der Waals surface area contributed by atoms with Gasteiger partial charge in [-0.2, -0.15) is 16.9 Å². The number of rotatable bonds is 4. The van der Waals surface area contributed by atoms with Gasteiger partial charge in [-0.05, 0) is 16.7 Å². The van der Waals surface area contributed by atoms with Gasteiger partial charge in [0.2, 0.25) is 0 Å². The van der Waals surface area contributed by atoms with Crippen molar-refractivity contribution >= 4 is 11.8 Å². The summed E-state index contributed by atoms with van der Waals surface area (Å²) < 4.78 is 0. The van der Waals surface area contributed by atoms with Crippen LogP contribution in [0.1, 0.15) is 5.56 Å². The van der Waals surface area contributed by atoms with Gasteiger partial charge < -0.3 is 0 Å². The van der Waals surface area contributed by atoms with Crippen LogP contribution in [0.4, 0.5) is 0 Å². The van der Waals surface area contributed by atoms with Crippen molar-refractivity contribution in [3.05, 3.63) is 66.4 Å². The molecule has 0 spiro atoms. The second-order valence-electron chi connectivity index (χ2n) is 6.10. The third-order valence-corrected chi connectivity index (χ3v) is 5.44. The summed E-state index contributed by atoms with van der Waals surface area (Å²) in [6.45, 7) is 3.32. The first-order chi connectivity index (χ1) is 11.9. The van der Waals surface area contributed by atoms with E-state index in [0.29, 0.717) is 0 Å². The molecule has 2 heterocycles. The van der Waals surface area contributed by atoms with Gasteiger partial charge in [-0.15, -0.1) is 0 Å². The first-order valence-electron chi connectivity index (χ1n) is 8.38. The molecule has 0 bridgehead atoms. The van der Waals surface area contributed by atoms with Gasteiger partial charge in [0, 0.05) is 36.7 Å². The van der Waals surface area contributed by atoms with E-state index in [4.69, 9.17) is 0 Å². The Balaban J connectivity index is 1.55. The average Bonchev–Trinajstić information content (AvgIpc) is 3.11. The zero-order chi connectivity index (χ0) is 16.2. The molecule has 0 aliphatic carbocycles. The molecule has 0 atom stereocenters. The van der Waals surface area contributed by atoms with Gasteiger partial charge in [0.15, 0.2) is 0 Å². The molecule has 2 aromatic carbocycles. The summed E-state index contributed by atoms with van der Waals surface area (Å²) in [5.41, 5.74) is 6.13. The fraction of sp³-hybridized carbons (Fsp3) is 0.250. The van der Waals surface area contributed by atoms with Crippen molar-refractivity contribution in [2.75, 3.05) is 24.6 Å². The number of hydrogen-bond acceptors (Lipinski definition) is 3. The largest absolute Gasteiger partial charge is 0.297 e. The van der Waals surface area contributed by atoms with Crippen LogP contribution in [-0.4, -0.2) is 39.7 Å². The lowest BCUT2D eigenvalue weighted by molar-refractivity contribution is 0.295. The monoisotopic (exact) mass is 335 g/mol. The fourth-order valence-electron chi connectivity index (χ4n) is 3.14. The van der Waals surface area contributed by atoms with Crippen molar-refractivity contribution < 1.29 is 0 Å². The first kappa shape index (κ1) is 15.5. The highest BCUT2D eigenvalue weighted by molar-refractivity contribution is 7.99. The quantitative estimate of drug-likeness (QED) is 0.772. The molecular weight excluding hydrogens is 314 g/mol. The van der Waals surface area contributed by atoms with Crippen LogP contribution < -0.4 is 0 Å². The number of thioether (sulfide) groups is 1. The summed E-state index contributed by atoms with van der Waals surface area (Å²) in [5.74, 6) is 2.47. The Morgan fingerprint density at radius 3 is 2.29 bits per heavy atom. The molecule has 122 valence electrons. The maximum absolute atomic E-state index is 4.29. The molecule has 0 amide bonds. The first-order valence-corrected chi connectivity index (χ1v) is 9.54. The summed E-state index contributed by atoms with van der Waals surface area (Å²) in [6, 6.07) is 19.2. The van der Waals surface area contributed by atoms with Gasteiger partial charge in [-0.3, -0.25) is 10.00 Å². The molecule has 4 heteroatoms. The van der Waals surface area contributed by atoms with Crippen molar-refractivity contribution in [1.29, 1.82) is 0 Å². The summed E-state index contributed by atoms with van der Waals surface area (Å²) in [6.07, 6.45) is 1.97. The molecular formula is C20H21N3S. The molecule has 0 unspecified atom stereocenters. The number of aromatic amines is 1. The van der Waals surface area contributed by atoms with Gasteiger partial charge in [-0.1, -0.05) is 54.6 Å². The van der Waals surface area contributed by atoms with E-state index in [1.807, 2.05) is 24.0 Å². The second-order valence-corrected chi connectivity index (χ2v) is 7.33. The van der Waals surface area contributed by atoms with Gasteiger partial charge in [-0.25, -0.2) is 0 Å². The predicted octanol–water partition coefficient (Wildman–Crippen LogP) is 4.29. The van der Waals surface area contributed by atoms with Crippen LogP contribution >= 0.6 is 11.8 Å². The van der Waals surface area contributed by atoms with Gasteiger partial charge in [0.25, 0.3) is 0 Å². The molecule has 4 rings (SSSR count). The highest BCUT2D eigenvalue weighted by Crippen LogP contribution is 2.26. The minimum absolute atomic E-state index is 0.979. The van der Waals surface area contributed by atoms with E-state index in [0.717, 1.165) is 12.2 Å². The molecule has 24 heavy (non-hydrogen) atoms. The zero-order valence-electron chi connectivity index (χ0n) is 13.6. The van der Waals surface area contributed by atoms with Crippen LogP contribution in [0.25, 0.3) is 22.4 Å². The third-order valence-electron chi connectivity index (χ3n) is 4.50. The molecule has 1 aliphatic heterocycles. The molecule has 3 aromatic rings. The SMILES string of the molecule is c1ccc(-c2ccc(-c3[nH]ncc3CN3CCSCC3)cc2)cc1. The topological polar surface area (TPSA) is 31.9 Å². The van der Waals surface area contributed by atoms with E-state index in [9.17, 15) is 0 Å². The molecule has 3 nitrogen and oxygen atoms in total. The fourth-order valence-corrected chi connectivity index (χ4v) is 4.12. The minimum atomic E-state index is 0.979. The van der Waals surface area contributed by atoms with Gasteiger partial charge in [0.05, 0.1) is 11.9 Å². The number of hydrogen-bond donors (Lipinski definition) is 1. The van der Waals surface area contributed by atoms with Crippen molar-refractivity contribution in [2.45, 2.75) is 6.54 Å². The molecule has 0 saturated carbocycles. The maximum atomic E-state index is 4.29. The van der Waals surface area contributed by atoms with Crippen molar-refractivity contribution in [1.82, 2.24) is 15.1 Å². The molecule has 1 fully saturated rings. The van der Waals surface area contributed by atoms with Crippen LogP contribution in [0.5, 0.6) is 0 Å². The Hall–Kier alpha value is -2.04. The molecule has 1 aliphatic rings. The predicted molar refractivity (Wildman–Crippen MR) is 102 cm³/mol. The summed E-state index contributed by atoms with van der Waals surface area (Å²) >= 11 is 2.05. The maximum Gasteiger partial charge on any atom is 0.0695 e. The van der Waals surface area contributed by atoms with E-state index < -0.39 is 0 Å². The standard InChI is InChI=1S/C20H21N3S/c1-2-4-16(5-3-1)17-6-8-18(9-7-17)20-19(14-21-22-20)15-23-10-12-24-13-11-23/h1-9,14H,10-13,15H2,(H,21,22). The Morgan fingerprint density at radius 1 is 0.875 bits per heavy atom. The minimum Gasteiger partial charge on any atom is -0.297 e. The molecule has 1 N–H and O–H groups in total. The highest BCUT2D eigenvalue weighted by Gasteiger charge is 2.15. The van der Waals surface area contributed by atoms with E-state index in [1.165, 1.54) is 46.8 Å². The van der Waals surface area contributed by atoms with E-state index in [-0.39, 0.29) is 0 Å². The number of H-pyrrole nitrogens is 1. The summed E-state index contributed by atoms with van der Waals surface area (Å²) in [5, 5.41) is 7.48. The van der Waals surface area contributed by atoms with Crippen LogP contribution in [0.3, 0.4) is 0 Å². The Labute approximate surface area is 147 Å². The Morgan fingerprint density at radius 2 is 1.54 bits per heavy atom. The van der Waals surface area contributed by atoms with Gasteiger partial charge in [0.1, 0.15) is 0 Å². The number of nitrogens with zero attached hydrogens (tertiary/aromatic N) is 2. The van der Waals surface area contributed by atoms with Gasteiger partial charge >= 0.3 is 0 Å². The van der Waals surface area contributed by atoms with Crippen molar-refractivity contribution in [3.63, 3.8) is 0 Å². The average molecular weight is 335 g/mol. The lowest BCUT2D eigenvalue weighted by Crippen LogP contribution is -2.31. The van der Waals surface area contributed by atoms with E-state index >= 15 is 0 Å². The smallest absolute Gasteiger partial charge is 0.0695 e. The van der Waals surface area contributed by atoms with Crippen LogP contribution in [0.15, 0.2) is 60.8 Å². The lowest BCUT2D eigenvalue weighted by Gasteiger charge is -2.25. The number of aromatic nitrogens is 2. The zero-order valence-corrected chi connectivity index (χ0v) is 14.4. The normalized spacial score (nSPS) is 15.5. The van der Waals surface area contributed by atoms with Crippen LogP contribution in [-0.2, 0) is 6.54 Å². The summed E-state index contributed by atoms with van der Waals surface area (Å²) in [7, 11) is 0. The molecule has 0 radical (unpaired) electrons. The van der Waals surface area contributed by atoms with E-state index in [1.54, 1.807) is 0 Å². The van der Waals surface area contributed by atoms with Crippen molar-refractivity contribution in [3.8, 4) is 22.4 Å². The molecule has 1 saturated heterocycles. The Kier molecular flexibility index (Phi) is 4.67. The van der Waals surface area contributed by atoms with Crippen molar-refractivity contribution in [2.24, 2.45) is 0 Å². The highest BCUT2D eigenvalue weighted by atomic mass is 32.2. The van der Waals surface area contributed by atoms with Crippen LogP contribution in [0, 0.1) is 0 Å².